The molecule has 108 valence electrons. The van der Waals surface area contributed by atoms with Gasteiger partial charge in [-0.25, -0.2) is 0 Å². The topological polar surface area (TPSA) is 65.8 Å². The van der Waals surface area contributed by atoms with Crippen molar-refractivity contribution in [3.63, 3.8) is 0 Å². The van der Waals surface area contributed by atoms with Crippen molar-refractivity contribution in [2.24, 2.45) is 0 Å². The fourth-order valence-electron chi connectivity index (χ4n) is 2.24. The normalized spacial score (nSPS) is 23.3. The zero-order valence-electron chi connectivity index (χ0n) is 12.0. The third-order valence-electron chi connectivity index (χ3n) is 3.52. The lowest BCUT2D eigenvalue weighted by atomic mass is 10.3. The van der Waals surface area contributed by atoms with E-state index in [4.69, 9.17) is 14.7 Å². The van der Waals surface area contributed by atoms with Crippen molar-refractivity contribution in [1.29, 1.82) is 5.26 Å². The van der Waals surface area contributed by atoms with Crippen molar-refractivity contribution in [3.8, 4) is 6.07 Å². The Morgan fingerprint density at radius 3 is 2.42 bits per heavy atom. The minimum absolute atomic E-state index is 0.0742. The highest BCUT2D eigenvalue weighted by molar-refractivity contribution is 5.76. The molecule has 1 rings (SSSR count). The molecule has 1 fully saturated rings. The van der Waals surface area contributed by atoms with Crippen LogP contribution in [0.2, 0.25) is 0 Å². The van der Waals surface area contributed by atoms with E-state index in [-0.39, 0.29) is 18.1 Å². The molecule has 2 unspecified atom stereocenters. The average Bonchev–Trinajstić information content (AvgIpc) is 2.84. The monoisotopic (exact) mass is 269 g/mol. The molecular formula is C13H23N3O3. The average molecular weight is 269 g/mol. The molecule has 0 radical (unpaired) electrons. The molecule has 1 heterocycles. The third kappa shape index (κ3) is 4.78. The highest BCUT2D eigenvalue weighted by Gasteiger charge is 2.32. The molecule has 0 aliphatic carbocycles. The molecule has 6 nitrogen and oxygen atoms in total. The maximum Gasteiger partial charge on any atom is 0.223 e. The van der Waals surface area contributed by atoms with Gasteiger partial charge in [-0.15, -0.1) is 0 Å². The van der Waals surface area contributed by atoms with Crippen molar-refractivity contribution < 1.29 is 14.3 Å². The van der Waals surface area contributed by atoms with Crippen LogP contribution in [0.3, 0.4) is 0 Å². The van der Waals surface area contributed by atoms with E-state index in [1.165, 1.54) is 0 Å². The minimum atomic E-state index is 0.0742. The van der Waals surface area contributed by atoms with E-state index in [1.807, 2.05) is 6.07 Å². The van der Waals surface area contributed by atoms with Gasteiger partial charge in [0.1, 0.15) is 0 Å². The molecule has 0 spiro atoms. The first-order chi connectivity index (χ1) is 9.12. The van der Waals surface area contributed by atoms with E-state index in [1.54, 1.807) is 26.2 Å². The lowest BCUT2D eigenvalue weighted by molar-refractivity contribution is -0.130. The van der Waals surface area contributed by atoms with Gasteiger partial charge in [0.05, 0.1) is 24.7 Å². The molecule has 19 heavy (non-hydrogen) atoms. The molecule has 2 atom stereocenters. The zero-order valence-corrected chi connectivity index (χ0v) is 12.0. The van der Waals surface area contributed by atoms with Crippen LogP contribution >= 0.6 is 0 Å². The van der Waals surface area contributed by atoms with Crippen LogP contribution in [-0.4, -0.2) is 75.4 Å². The molecule has 0 bridgehead atoms. The largest absolute Gasteiger partial charge is 0.377 e. The zero-order chi connectivity index (χ0) is 14.3. The van der Waals surface area contributed by atoms with Gasteiger partial charge >= 0.3 is 0 Å². The Hall–Kier alpha value is -1.16. The summed E-state index contributed by atoms with van der Waals surface area (Å²) >= 11 is 0. The van der Waals surface area contributed by atoms with Gasteiger partial charge in [0.2, 0.25) is 5.91 Å². The Morgan fingerprint density at radius 2 is 1.95 bits per heavy atom. The van der Waals surface area contributed by atoms with Gasteiger partial charge in [0.25, 0.3) is 0 Å². The van der Waals surface area contributed by atoms with E-state index in [0.717, 1.165) is 13.1 Å². The number of nitrogens with zero attached hydrogens (tertiary/aromatic N) is 3. The van der Waals surface area contributed by atoms with Crippen LogP contribution < -0.4 is 0 Å². The maximum atomic E-state index is 11.8. The number of rotatable bonds is 7. The fourth-order valence-corrected chi connectivity index (χ4v) is 2.24. The molecule has 0 N–H and O–H groups in total. The number of carbonyl (C=O) groups is 1. The van der Waals surface area contributed by atoms with E-state index >= 15 is 0 Å². The van der Waals surface area contributed by atoms with Crippen LogP contribution in [-0.2, 0) is 14.3 Å². The summed E-state index contributed by atoms with van der Waals surface area (Å²) in [5, 5.41) is 8.49. The van der Waals surface area contributed by atoms with Gasteiger partial charge in [0.15, 0.2) is 0 Å². The van der Waals surface area contributed by atoms with Crippen LogP contribution in [0.5, 0.6) is 0 Å². The number of hydrogen-bond acceptors (Lipinski definition) is 5. The second-order valence-electron chi connectivity index (χ2n) is 4.78. The Labute approximate surface area is 114 Å². The summed E-state index contributed by atoms with van der Waals surface area (Å²) in [6.07, 6.45) is 1.01. The van der Waals surface area contributed by atoms with E-state index in [2.05, 4.69) is 4.90 Å². The highest BCUT2D eigenvalue weighted by atomic mass is 16.5. The third-order valence-corrected chi connectivity index (χ3v) is 3.52. The molecule has 1 aliphatic heterocycles. The smallest absolute Gasteiger partial charge is 0.223 e. The van der Waals surface area contributed by atoms with E-state index in [9.17, 15) is 4.79 Å². The summed E-state index contributed by atoms with van der Waals surface area (Å²) in [5.41, 5.74) is 0. The van der Waals surface area contributed by atoms with Crippen molar-refractivity contribution in [1.82, 2.24) is 9.80 Å². The van der Waals surface area contributed by atoms with Crippen molar-refractivity contribution >= 4 is 5.91 Å². The van der Waals surface area contributed by atoms with Gasteiger partial charge in [0, 0.05) is 53.9 Å². The summed E-state index contributed by atoms with van der Waals surface area (Å²) in [5.74, 6) is 0.0742. The quantitative estimate of drug-likeness (QED) is 0.655. The standard InChI is InChI=1S/C13H23N3O3/c1-15(7-4-6-14)13(17)5-8-16-9-11(18-2)12(10-16)19-3/h11-12H,4-5,7-10H2,1-3H3. The van der Waals surface area contributed by atoms with Gasteiger partial charge in [-0.3, -0.25) is 9.69 Å². The molecule has 1 saturated heterocycles. The van der Waals surface area contributed by atoms with Crippen molar-refractivity contribution in [2.75, 3.05) is 47.4 Å². The van der Waals surface area contributed by atoms with Crippen molar-refractivity contribution in [3.05, 3.63) is 0 Å². The molecule has 0 saturated carbocycles. The van der Waals surface area contributed by atoms with Gasteiger partial charge in [-0.2, -0.15) is 5.26 Å². The number of ether oxygens (including phenoxy) is 2. The van der Waals surface area contributed by atoms with Crippen molar-refractivity contribution in [2.45, 2.75) is 25.0 Å². The fraction of sp³-hybridized carbons (Fsp3) is 0.846. The second-order valence-corrected chi connectivity index (χ2v) is 4.78. The lowest BCUT2D eigenvalue weighted by Crippen LogP contribution is -2.32. The Morgan fingerprint density at radius 1 is 1.37 bits per heavy atom. The number of amides is 1. The first-order valence-electron chi connectivity index (χ1n) is 6.51. The van der Waals surface area contributed by atoms with Gasteiger partial charge in [-0.1, -0.05) is 0 Å². The van der Waals surface area contributed by atoms with Crippen LogP contribution in [0.25, 0.3) is 0 Å². The van der Waals surface area contributed by atoms with Crippen LogP contribution in [0.1, 0.15) is 12.8 Å². The van der Waals surface area contributed by atoms with Gasteiger partial charge in [-0.05, 0) is 0 Å². The summed E-state index contributed by atoms with van der Waals surface area (Å²) in [6, 6.07) is 2.04. The van der Waals surface area contributed by atoms with Crippen LogP contribution in [0.15, 0.2) is 0 Å². The summed E-state index contributed by atoms with van der Waals surface area (Å²) < 4.78 is 10.7. The predicted molar refractivity (Wildman–Crippen MR) is 70.5 cm³/mol. The number of carbonyl (C=O) groups excluding carboxylic acids is 1. The first-order valence-corrected chi connectivity index (χ1v) is 6.51. The molecular weight excluding hydrogens is 246 g/mol. The lowest BCUT2D eigenvalue weighted by Gasteiger charge is -2.19. The molecule has 1 amide bonds. The van der Waals surface area contributed by atoms with Crippen LogP contribution in [0.4, 0.5) is 0 Å². The van der Waals surface area contributed by atoms with E-state index < -0.39 is 0 Å². The summed E-state index contributed by atoms with van der Waals surface area (Å²) in [6.45, 7) is 2.79. The highest BCUT2D eigenvalue weighted by Crippen LogP contribution is 2.15. The molecule has 0 aromatic carbocycles. The minimum Gasteiger partial charge on any atom is -0.377 e. The first kappa shape index (κ1) is 15.9. The molecule has 6 heteroatoms. The number of hydrogen-bond donors (Lipinski definition) is 0. The Kier molecular flexibility index (Phi) is 6.78. The molecule has 0 aromatic heterocycles. The predicted octanol–water partition coefficient (Wildman–Crippen LogP) is 0.0942. The van der Waals surface area contributed by atoms with Gasteiger partial charge < -0.3 is 14.4 Å². The molecule has 0 aromatic rings. The van der Waals surface area contributed by atoms with Crippen LogP contribution in [0, 0.1) is 11.3 Å². The number of nitriles is 1. The summed E-state index contributed by atoms with van der Waals surface area (Å²) in [4.78, 5) is 15.6. The Bertz CT molecular complexity index is 318. The van der Waals surface area contributed by atoms with E-state index in [0.29, 0.717) is 25.9 Å². The second kappa shape index (κ2) is 8.10. The number of likely N-dealkylation sites (tertiary alicyclic amines) is 1. The molecule has 1 aliphatic rings. The maximum absolute atomic E-state index is 11.8. The summed E-state index contributed by atoms with van der Waals surface area (Å²) in [7, 11) is 5.10. The Balaban J connectivity index is 2.30. The number of methoxy groups -OCH3 is 2. The SMILES string of the molecule is COC1CN(CCC(=O)N(C)CCC#N)CC1OC.